The highest BCUT2D eigenvalue weighted by atomic mass is 16.6. The summed E-state index contributed by atoms with van der Waals surface area (Å²) in [5.41, 5.74) is 0. The molecule has 0 saturated heterocycles. The highest BCUT2D eigenvalue weighted by molar-refractivity contribution is 5.84. The van der Waals surface area contributed by atoms with Crippen LogP contribution in [0.25, 0.3) is 0 Å². The number of amides is 1. The molecule has 1 N–H and O–H groups in total. The SMILES string of the molecule is CC(=O)C(C)NC(=O)OC1CCCC1. The Labute approximate surface area is 84.0 Å². The van der Waals surface area contributed by atoms with Crippen LogP contribution in [0.5, 0.6) is 0 Å². The Balaban J connectivity index is 2.24. The van der Waals surface area contributed by atoms with Crippen molar-refractivity contribution < 1.29 is 14.3 Å². The first-order valence-electron chi connectivity index (χ1n) is 5.07. The van der Waals surface area contributed by atoms with Gasteiger partial charge in [0.1, 0.15) is 6.10 Å². The first-order chi connectivity index (χ1) is 6.59. The van der Waals surface area contributed by atoms with E-state index in [0.717, 1.165) is 25.7 Å². The molecule has 80 valence electrons. The fraction of sp³-hybridized carbons (Fsp3) is 0.800. The summed E-state index contributed by atoms with van der Waals surface area (Å²) < 4.78 is 5.13. The van der Waals surface area contributed by atoms with Crippen molar-refractivity contribution in [2.75, 3.05) is 0 Å². The number of ketones is 1. The second-order valence-corrected chi connectivity index (χ2v) is 3.79. The van der Waals surface area contributed by atoms with Crippen molar-refractivity contribution in [1.29, 1.82) is 0 Å². The maximum Gasteiger partial charge on any atom is 0.407 e. The molecule has 0 aromatic rings. The lowest BCUT2D eigenvalue weighted by atomic mass is 10.2. The van der Waals surface area contributed by atoms with Crippen LogP contribution >= 0.6 is 0 Å². The van der Waals surface area contributed by atoms with Gasteiger partial charge in [0.25, 0.3) is 0 Å². The van der Waals surface area contributed by atoms with Gasteiger partial charge in [0.15, 0.2) is 5.78 Å². The molecule has 0 heterocycles. The van der Waals surface area contributed by atoms with Gasteiger partial charge < -0.3 is 10.1 Å². The highest BCUT2D eigenvalue weighted by Gasteiger charge is 2.20. The minimum Gasteiger partial charge on any atom is -0.446 e. The molecule has 1 aliphatic carbocycles. The predicted molar refractivity (Wildman–Crippen MR) is 52.0 cm³/mol. The number of alkyl carbamates (subject to hydrolysis) is 1. The van der Waals surface area contributed by atoms with E-state index in [1.165, 1.54) is 6.92 Å². The monoisotopic (exact) mass is 199 g/mol. The molecule has 0 aromatic heterocycles. The number of hydrogen-bond donors (Lipinski definition) is 1. The van der Waals surface area contributed by atoms with Gasteiger partial charge in [-0.25, -0.2) is 4.79 Å². The van der Waals surface area contributed by atoms with E-state index >= 15 is 0 Å². The predicted octanol–water partition coefficient (Wildman–Crippen LogP) is 1.63. The van der Waals surface area contributed by atoms with Gasteiger partial charge in [-0.15, -0.1) is 0 Å². The van der Waals surface area contributed by atoms with Gasteiger partial charge in [0, 0.05) is 0 Å². The molecule has 1 unspecified atom stereocenters. The second kappa shape index (κ2) is 4.98. The minimum atomic E-state index is -0.473. The summed E-state index contributed by atoms with van der Waals surface area (Å²) in [6.07, 6.45) is 3.72. The third-order valence-corrected chi connectivity index (χ3v) is 2.52. The van der Waals surface area contributed by atoms with Crippen molar-refractivity contribution in [3.63, 3.8) is 0 Å². The summed E-state index contributed by atoms with van der Waals surface area (Å²) in [5, 5.41) is 2.50. The Morgan fingerprint density at radius 1 is 1.36 bits per heavy atom. The van der Waals surface area contributed by atoms with Crippen LogP contribution in [-0.2, 0) is 9.53 Å². The van der Waals surface area contributed by atoms with Crippen molar-refractivity contribution in [2.24, 2.45) is 0 Å². The molecule has 1 atom stereocenters. The van der Waals surface area contributed by atoms with E-state index in [4.69, 9.17) is 4.74 Å². The van der Waals surface area contributed by atoms with E-state index in [-0.39, 0.29) is 11.9 Å². The number of hydrogen-bond acceptors (Lipinski definition) is 3. The van der Waals surface area contributed by atoms with Gasteiger partial charge in [-0.3, -0.25) is 4.79 Å². The quantitative estimate of drug-likeness (QED) is 0.751. The molecule has 0 aliphatic heterocycles. The number of carbonyl (C=O) groups excluding carboxylic acids is 2. The molecule has 4 nitrogen and oxygen atoms in total. The van der Waals surface area contributed by atoms with Crippen LogP contribution in [0, 0.1) is 0 Å². The molecule has 1 saturated carbocycles. The molecule has 1 aliphatic rings. The maximum atomic E-state index is 11.2. The Kier molecular flexibility index (Phi) is 3.92. The summed E-state index contributed by atoms with van der Waals surface area (Å²) >= 11 is 0. The maximum absolute atomic E-state index is 11.2. The van der Waals surface area contributed by atoms with Crippen LogP contribution in [0.2, 0.25) is 0 Å². The minimum absolute atomic E-state index is 0.0501. The zero-order chi connectivity index (χ0) is 10.6. The summed E-state index contributed by atoms with van der Waals surface area (Å²) in [5.74, 6) is -0.0617. The average Bonchev–Trinajstić information content (AvgIpc) is 2.56. The highest BCUT2D eigenvalue weighted by Crippen LogP contribution is 2.20. The normalized spacial score (nSPS) is 19.0. The third kappa shape index (κ3) is 3.36. The molecule has 0 radical (unpaired) electrons. The smallest absolute Gasteiger partial charge is 0.407 e. The molecule has 0 bridgehead atoms. The zero-order valence-corrected chi connectivity index (χ0v) is 8.71. The van der Waals surface area contributed by atoms with E-state index in [2.05, 4.69) is 5.32 Å². The van der Waals surface area contributed by atoms with E-state index in [1.807, 2.05) is 0 Å². The number of nitrogens with one attached hydrogen (secondary N) is 1. The van der Waals surface area contributed by atoms with Crippen LogP contribution < -0.4 is 5.32 Å². The van der Waals surface area contributed by atoms with Crippen molar-refractivity contribution in [3.05, 3.63) is 0 Å². The lowest BCUT2D eigenvalue weighted by molar-refractivity contribution is -0.118. The summed E-state index contributed by atoms with van der Waals surface area (Å²) in [4.78, 5) is 22.1. The Hall–Kier alpha value is -1.06. The molecule has 1 rings (SSSR count). The molecular weight excluding hydrogens is 182 g/mol. The molecule has 0 spiro atoms. The molecule has 1 amide bonds. The van der Waals surface area contributed by atoms with Crippen LogP contribution in [0.3, 0.4) is 0 Å². The van der Waals surface area contributed by atoms with Gasteiger partial charge in [-0.05, 0) is 39.5 Å². The fourth-order valence-electron chi connectivity index (χ4n) is 1.47. The topological polar surface area (TPSA) is 55.4 Å². The standard InChI is InChI=1S/C10H17NO3/c1-7(8(2)12)11-10(13)14-9-5-3-4-6-9/h7,9H,3-6H2,1-2H3,(H,11,13). The van der Waals surface area contributed by atoms with E-state index < -0.39 is 12.1 Å². The summed E-state index contributed by atoms with van der Waals surface area (Å²) in [6.45, 7) is 3.10. The molecule has 1 fully saturated rings. The van der Waals surface area contributed by atoms with Crippen LogP contribution in [0.4, 0.5) is 4.79 Å². The average molecular weight is 199 g/mol. The Bertz CT molecular complexity index is 221. The first-order valence-corrected chi connectivity index (χ1v) is 5.07. The molecule has 14 heavy (non-hydrogen) atoms. The number of carbonyl (C=O) groups is 2. The molecule has 4 heteroatoms. The van der Waals surface area contributed by atoms with E-state index in [1.54, 1.807) is 6.92 Å². The van der Waals surface area contributed by atoms with Gasteiger partial charge in [-0.2, -0.15) is 0 Å². The van der Waals surface area contributed by atoms with Crippen molar-refractivity contribution in [1.82, 2.24) is 5.32 Å². The Morgan fingerprint density at radius 2 is 1.93 bits per heavy atom. The van der Waals surface area contributed by atoms with Gasteiger partial charge >= 0.3 is 6.09 Å². The van der Waals surface area contributed by atoms with Gasteiger partial charge in [0.05, 0.1) is 6.04 Å². The van der Waals surface area contributed by atoms with E-state index in [0.29, 0.717) is 0 Å². The lowest BCUT2D eigenvalue weighted by Crippen LogP contribution is -2.38. The number of ether oxygens (including phenoxy) is 1. The largest absolute Gasteiger partial charge is 0.446 e. The van der Waals surface area contributed by atoms with Crippen LogP contribution in [0.15, 0.2) is 0 Å². The fourth-order valence-corrected chi connectivity index (χ4v) is 1.47. The summed E-state index contributed by atoms with van der Waals surface area (Å²) in [7, 11) is 0. The van der Waals surface area contributed by atoms with Crippen molar-refractivity contribution in [3.8, 4) is 0 Å². The van der Waals surface area contributed by atoms with Crippen LogP contribution in [0.1, 0.15) is 39.5 Å². The molecule has 0 aromatic carbocycles. The first kappa shape index (κ1) is 11.0. The van der Waals surface area contributed by atoms with Crippen LogP contribution in [-0.4, -0.2) is 24.0 Å². The van der Waals surface area contributed by atoms with Gasteiger partial charge in [0.2, 0.25) is 0 Å². The zero-order valence-electron chi connectivity index (χ0n) is 8.71. The molecular formula is C10H17NO3. The lowest BCUT2D eigenvalue weighted by Gasteiger charge is -2.14. The number of Topliss-reactive ketones (excluding diaryl/α,β-unsaturated/α-hetero) is 1. The Morgan fingerprint density at radius 3 is 2.43 bits per heavy atom. The van der Waals surface area contributed by atoms with Gasteiger partial charge in [-0.1, -0.05) is 0 Å². The van der Waals surface area contributed by atoms with E-state index in [9.17, 15) is 9.59 Å². The third-order valence-electron chi connectivity index (χ3n) is 2.52. The second-order valence-electron chi connectivity index (χ2n) is 3.79. The van der Waals surface area contributed by atoms with Crippen molar-refractivity contribution in [2.45, 2.75) is 51.7 Å². The number of rotatable bonds is 3. The van der Waals surface area contributed by atoms with Crippen molar-refractivity contribution >= 4 is 11.9 Å². The summed E-state index contributed by atoms with van der Waals surface area (Å²) in [6, 6.07) is -0.455.